The van der Waals surface area contributed by atoms with Crippen LogP contribution in [-0.2, 0) is 33.3 Å². The number of aliphatic hydroxyl groups is 1. The van der Waals surface area contributed by atoms with Gasteiger partial charge in [0.15, 0.2) is 17.7 Å². The van der Waals surface area contributed by atoms with E-state index in [1.54, 1.807) is 33.1 Å². The molecule has 3 heterocycles. The van der Waals surface area contributed by atoms with Crippen molar-refractivity contribution in [3.63, 3.8) is 0 Å². The molecule has 4 rings (SSSR count). The van der Waals surface area contributed by atoms with E-state index < -0.39 is 71.5 Å². The summed E-state index contributed by atoms with van der Waals surface area (Å²) in [4.78, 5) is 42.5. The number of cyclic esters (lactones) is 1. The number of aliphatic hydroxyl groups excluding tert-OH is 1. The molecule has 14 heteroatoms. The molecule has 3 aliphatic rings. The highest BCUT2D eigenvalue weighted by Gasteiger charge is 2.55. The Labute approximate surface area is 314 Å². The smallest absolute Gasteiger partial charge is 0.408 e. The summed E-state index contributed by atoms with van der Waals surface area (Å²) in [7, 11) is 5.33. The number of carbonyl (C=O) groups is 3. The highest BCUT2D eigenvalue weighted by Crippen LogP contribution is 2.38. The van der Waals surface area contributed by atoms with Gasteiger partial charge in [0.25, 0.3) is 0 Å². The minimum Gasteiger partial charge on any atom is -0.458 e. The second-order valence-corrected chi connectivity index (χ2v) is 16.1. The van der Waals surface area contributed by atoms with Gasteiger partial charge in [-0.05, 0) is 98.1 Å². The highest BCUT2D eigenvalue weighted by molar-refractivity contribution is 6.00. The molecular formula is C39H63FN4O9. The second-order valence-electron chi connectivity index (χ2n) is 16.1. The fraction of sp³-hybridized carbons (Fsp3) is 0.769. The van der Waals surface area contributed by atoms with E-state index in [1.807, 2.05) is 46.7 Å². The Morgan fingerprint density at radius 1 is 1.11 bits per heavy atom. The Morgan fingerprint density at radius 2 is 1.77 bits per heavy atom. The molecule has 3 fully saturated rings. The molecule has 0 aliphatic carbocycles. The molecule has 0 bridgehead atoms. The van der Waals surface area contributed by atoms with Gasteiger partial charge in [-0.3, -0.25) is 9.59 Å². The number of carbonyl (C=O) groups excluding carboxylic acids is 3. The maximum absolute atomic E-state index is 14.3. The number of hydrogen-bond acceptors (Lipinski definition) is 12. The standard InChI is InChI=1S/C39H63FN4O9/c1-12-30-39(8)33(43-37(48)53-39)25(6)41-19-21(2)18-38(7,49-11)34(22(3)31(45)23(4)35(47)51-30)52-36-32(46)29(44(9)10)17-28(50-36)20-42-24(5)26-13-15-27(40)16-14-26/h13-16,21-25,28-30,32-34,36,41-42,46H,12,17-20H2,1-11H3,(H,43,48)/t21-,22+,23?,24-,25-,28+,29?,30+,32?,33-,34-,36+,38-,39-/m1/s1. The topological polar surface area (TPSA) is 157 Å². The van der Waals surface area contributed by atoms with Crippen molar-refractivity contribution in [2.24, 2.45) is 17.8 Å². The first kappa shape index (κ1) is 43.0. The molecule has 53 heavy (non-hydrogen) atoms. The maximum Gasteiger partial charge on any atom is 0.408 e. The Morgan fingerprint density at radius 3 is 2.38 bits per heavy atom. The van der Waals surface area contributed by atoms with Gasteiger partial charge in [-0.1, -0.05) is 32.9 Å². The predicted octanol–water partition coefficient (Wildman–Crippen LogP) is 3.72. The first-order valence-electron chi connectivity index (χ1n) is 19.0. The largest absolute Gasteiger partial charge is 0.458 e. The van der Waals surface area contributed by atoms with Crippen molar-refractivity contribution in [3.05, 3.63) is 35.6 Å². The third-order valence-electron chi connectivity index (χ3n) is 11.7. The number of amides is 1. The zero-order valence-electron chi connectivity index (χ0n) is 33.3. The number of alkyl carbamates (subject to hydrolysis) is 1. The Bertz CT molecular complexity index is 1400. The highest BCUT2D eigenvalue weighted by atomic mass is 19.1. The molecule has 1 aromatic rings. The van der Waals surface area contributed by atoms with Crippen LogP contribution in [0.4, 0.5) is 9.18 Å². The number of halogens is 1. The summed E-state index contributed by atoms with van der Waals surface area (Å²) >= 11 is 0. The summed E-state index contributed by atoms with van der Waals surface area (Å²) < 4.78 is 44.8. The molecule has 0 spiro atoms. The van der Waals surface area contributed by atoms with Crippen LogP contribution in [0.25, 0.3) is 0 Å². The molecule has 3 saturated heterocycles. The van der Waals surface area contributed by atoms with E-state index in [1.165, 1.54) is 19.1 Å². The number of Topliss-reactive ketones (excluding diaryl/α,β-unsaturated/α-hetero) is 1. The number of methoxy groups -OCH3 is 1. The molecule has 1 aromatic carbocycles. The van der Waals surface area contributed by atoms with E-state index in [2.05, 4.69) is 22.9 Å². The van der Waals surface area contributed by atoms with E-state index in [0.29, 0.717) is 32.4 Å². The van der Waals surface area contributed by atoms with E-state index in [0.717, 1.165) is 5.56 Å². The normalized spacial score (nSPS) is 39.7. The van der Waals surface area contributed by atoms with Gasteiger partial charge >= 0.3 is 12.1 Å². The molecule has 300 valence electrons. The van der Waals surface area contributed by atoms with Crippen molar-refractivity contribution >= 4 is 17.8 Å². The predicted molar refractivity (Wildman–Crippen MR) is 196 cm³/mol. The van der Waals surface area contributed by atoms with Gasteiger partial charge in [0.05, 0.1) is 23.9 Å². The van der Waals surface area contributed by atoms with E-state index in [4.69, 9.17) is 23.7 Å². The van der Waals surface area contributed by atoms with Crippen LogP contribution in [0.3, 0.4) is 0 Å². The number of fused-ring (bicyclic) bond motifs is 1. The zero-order valence-corrected chi connectivity index (χ0v) is 33.3. The van der Waals surface area contributed by atoms with Crippen molar-refractivity contribution < 1.29 is 47.6 Å². The van der Waals surface area contributed by atoms with Crippen LogP contribution in [0, 0.1) is 23.6 Å². The Hall–Kier alpha value is -2.72. The van der Waals surface area contributed by atoms with Crippen LogP contribution in [0.5, 0.6) is 0 Å². The molecule has 4 N–H and O–H groups in total. The molecule has 1 amide bonds. The van der Waals surface area contributed by atoms with Crippen LogP contribution < -0.4 is 16.0 Å². The van der Waals surface area contributed by atoms with Gasteiger partial charge in [0.2, 0.25) is 0 Å². The zero-order chi connectivity index (χ0) is 39.4. The van der Waals surface area contributed by atoms with E-state index in [9.17, 15) is 23.9 Å². The molecule has 0 radical (unpaired) electrons. The van der Waals surface area contributed by atoms with Gasteiger partial charge in [-0.15, -0.1) is 0 Å². The Balaban J connectivity index is 1.64. The summed E-state index contributed by atoms with van der Waals surface area (Å²) in [5.74, 6) is -3.56. The SMILES string of the molecule is CC[C@@H]1OC(=O)C(C)C(=O)[C@H](C)[C@@H](O[C@@H]2O[C@H](CN[C@H](C)c3ccc(F)cc3)CC(N(C)C)C2O)[C@](C)(OC)C[C@@H](C)CN[C@H](C)[C@H]2NC(=O)O[C@]12C. The van der Waals surface area contributed by atoms with Crippen LogP contribution >= 0.6 is 0 Å². The molecule has 14 atom stereocenters. The van der Waals surface area contributed by atoms with Crippen LogP contribution in [0.1, 0.15) is 86.3 Å². The van der Waals surface area contributed by atoms with Crippen molar-refractivity contribution in [3.8, 4) is 0 Å². The molecule has 0 saturated carbocycles. The Kier molecular flexibility index (Phi) is 14.5. The average molecular weight is 751 g/mol. The lowest BCUT2D eigenvalue weighted by Crippen LogP contribution is -2.60. The van der Waals surface area contributed by atoms with Crippen molar-refractivity contribution in [1.29, 1.82) is 0 Å². The van der Waals surface area contributed by atoms with Crippen molar-refractivity contribution in [2.75, 3.05) is 34.3 Å². The third-order valence-corrected chi connectivity index (χ3v) is 11.7. The summed E-state index contributed by atoms with van der Waals surface area (Å²) in [5, 5.41) is 21.6. The van der Waals surface area contributed by atoms with E-state index >= 15 is 0 Å². The number of ketones is 1. The first-order chi connectivity index (χ1) is 24.8. The molecule has 13 nitrogen and oxygen atoms in total. The summed E-state index contributed by atoms with van der Waals surface area (Å²) in [6, 6.07) is 5.10. The fourth-order valence-electron chi connectivity index (χ4n) is 8.33. The maximum atomic E-state index is 14.3. The lowest BCUT2D eigenvalue weighted by molar-refractivity contribution is -0.297. The summed E-state index contributed by atoms with van der Waals surface area (Å²) in [5.41, 5.74) is -1.34. The minimum absolute atomic E-state index is 0.0147. The lowest BCUT2D eigenvalue weighted by Gasteiger charge is -2.47. The van der Waals surface area contributed by atoms with Crippen LogP contribution in [0.2, 0.25) is 0 Å². The van der Waals surface area contributed by atoms with Gasteiger partial charge < -0.3 is 49.6 Å². The third kappa shape index (κ3) is 9.75. The monoisotopic (exact) mass is 750 g/mol. The average Bonchev–Trinajstić information content (AvgIpc) is 3.44. The lowest BCUT2D eigenvalue weighted by atomic mass is 9.78. The molecule has 3 unspecified atom stereocenters. The van der Waals surface area contributed by atoms with Crippen molar-refractivity contribution in [2.45, 2.75) is 141 Å². The van der Waals surface area contributed by atoms with Crippen LogP contribution in [-0.4, -0.2) is 122 Å². The number of nitrogens with one attached hydrogen (secondary N) is 3. The first-order valence-corrected chi connectivity index (χ1v) is 19.0. The summed E-state index contributed by atoms with van der Waals surface area (Å²) in [6.07, 6.45) is -3.66. The number of esters is 1. The van der Waals surface area contributed by atoms with Gasteiger partial charge in [-0.25, -0.2) is 9.18 Å². The van der Waals surface area contributed by atoms with Gasteiger partial charge in [0, 0.05) is 37.7 Å². The summed E-state index contributed by atoms with van der Waals surface area (Å²) in [6.45, 7) is 15.6. The number of rotatable bonds is 9. The van der Waals surface area contributed by atoms with Crippen molar-refractivity contribution in [1.82, 2.24) is 20.9 Å². The molecule has 0 aromatic heterocycles. The molecule has 3 aliphatic heterocycles. The number of nitrogens with zero attached hydrogens (tertiary/aromatic N) is 1. The minimum atomic E-state index is -1.19. The van der Waals surface area contributed by atoms with Gasteiger partial charge in [-0.2, -0.15) is 0 Å². The van der Waals surface area contributed by atoms with E-state index in [-0.39, 0.29) is 36.0 Å². The number of ether oxygens (including phenoxy) is 5. The second kappa shape index (κ2) is 17.8. The number of benzene rings is 1. The van der Waals surface area contributed by atoms with Gasteiger partial charge in [0.1, 0.15) is 23.9 Å². The molecular weight excluding hydrogens is 687 g/mol. The number of hydrogen-bond donors (Lipinski definition) is 4. The van der Waals surface area contributed by atoms with Crippen LogP contribution in [0.15, 0.2) is 24.3 Å². The fourth-order valence-corrected chi connectivity index (χ4v) is 8.33. The number of likely N-dealkylation sites (N-methyl/N-ethyl adjacent to an activating group) is 1. The quantitative estimate of drug-likeness (QED) is 0.215.